The van der Waals surface area contributed by atoms with E-state index in [2.05, 4.69) is 52.0 Å². The molecule has 3 fully saturated rings. The zero-order valence-electron chi connectivity index (χ0n) is 73.7. The van der Waals surface area contributed by atoms with Crippen LogP contribution in [0.1, 0.15) is 407 Å². The van der Waals surface area contributed by atoms with E-state index in [0.29, 0.717) is 32.1 Å². The average molecular weight is 1710 g/mol. The van der Waals surface area contributed by atoms with E-state index >= 15 is 0 Å². The van der Waals surface area contributed by atoms with Crippen LogP contribution in [0.15, 0.2) is 24.3 Å². The lowest BCUT2D eigenvalue weighted by Gasteiger charge is -2.50. The number of aliphatic hydroxyl groups excluding tert-OH is 9. The van der Waals surface area contributed by atoms with E-state index in [1.54, 1.807) is 0 Å². The van der Waals surface area contributed by atoms with Gasteiger partial charge in [0.15, 0.2) is 24.8 Å². The van der Waals surface area contributed by atoms with Crippen LogP contribution in [0.25, 0.3) is 0 Å². The first-order valence-electron chi connectivity index (χ1n) is 47.6. The van der Waals surface area contributed by atoms with Gasteiger partial charge in [0, 0.05) is 25.7 Å². The van der Waals surface area contributed by atoms with Gasteiger partial charge in [0.05, 0.1) is 13.2 Å². The number of esters is 4. The molecule has 692 valence electrons. The van der Waals surface area contributed by atoms with Gasteiger partial charge >= 0.3 is 31.7 Å². The van der Waals surface area contributed by atoms with Crippen molar-refractivity contribution in [3.8, 4) is 0 Å². The molecule has 0 radical (unpaired) electrons. The Morgan fingerprint density at radius 2 is 0.636 bits per heavy atom. The number of allylic oxidation sites excluding steroid dienone is 4. The maximum Gasteiger partial charge on any atom is 0.472 e. The van der Waals surface area contributed by atoms with Crippen LogP contribution in [-0.2, 0) is 70.7 Å². The summed E-state index contributed by atoms with van der Waals surface area (Å²) in [6.07, 6.45) is 31.6. The zero-order valence-corrected chi connectivity index (χ0v) is 74.6. The maximum absolute atomic E-state index is 14.9. The Bertz CT molecular complexity index is 2550. The molecule has 1 aliphatic carbocycles. The maximum atomic E-state index is 14.9. The Hall–Kier alpha value is -3.05. The van der Waals surface area contributed by atoms with Crippen molar-refractivity contribution in [2.45, 2.75) is 511 Å². The second-order valence-corrected chi connectivity index (χ2v) is 35.3. The van der Waals surface area contributed by atoms with E-state index < -0.39 is 162 Å². The summed E-state index contributed by atoms with van der Waals surface area (Å²) in [6, 6.07) is 0. The summed E-state index contributed by atoms with van der Waals surface area (Å²) in [6.45, 7) is 5.59. The van der Waals surface area contributed by atoms with Gasteiger partial charge in [-0.1, -0.05) is 328 Å². The second kappa shape index (κ2) is 71.1. The SMILES string of the molecule is CCCCCC/C=C\CCCCCCCCCC(=O)OCC1OC(OC2C(OC(=O)CCCCCCCCC/C=C\CCCCCC)C(O)C(O)C(OC3OC(CO)C(O)C(O)C3O)C2OP(=O)(O)OCC(COC(=O)CCCCCCCCCCCCCCCCCC)OC(=O)CCCCCCCCCCCCCCC)C(O)C(O)C1O. The number of ether oxygens (including phenoxy) is 8. The molecule has 0 aromatic rings. The van der Waals surface area contributed by atoms with Crippen molar-refractivity contribution in [2.75, 3.05) is 26.4 Å². The van der Waals surface area contributed by atoms with E-state index in [0.717, 1.165) is 161 Å². The molecule has 0 spiro atoms. The van der Waals surface area contributed by atoms with Crippen LogP contribution in [0.4, 0.5) is 0 Å². The summed E-state index contributed by atoms with van der Waals surface area (Å²) in [5.74, 6) is -2.96. The first-order chi connectivity index (χ1) is 57.2. The summed E-state index contributed by atoms with van der Waals surface area (Å²) in [5, 5.41) is 102. The van der Waals surface area contributed by atoms with E-state index in [1.165, 1.54) is 161 Å². The quantitative estimate of drug-likeness (QED) is 0.00889. The highest BCUT2D eigenvalue weighted by Crippen LogP contribution is 2.49. The lowest BCUT2D eigenvalue weighted by Crippen LogP contribution is -2.70. The third-order valence-electron chi connectivity index (χ3n) is 23.2. The van der Waals surface area contributed by atoms with Gasteiger partial charge in [-0.2, -0.15) is 0 Å². The van der Waals surface area contributed by atoms with Gasteiger partial charge in [-0.3, -0.25) is 28.2 Å². The van der Waals surface area contributed by atoms with Crippen LogP contribution < -0.4 is 0 Å². The fourth-order valence-electron chi connectivity index (χ4n) is 15.6. The molecular weight excluding hydrogens is 1540 g/mol. The van der Waals surface area contributed by atoms with Gasteiger partial charge in [-0.05, 0) is 77.0 Å². The molecule has 0 bridgehead atoms. The molecule has 1 saturated carbocycles. The van der Waals surface area contributed by atoms with Gasteiger partial charge in [0.1, 0.15) is 92.6 Å². The summed E-state index contributed by atoms with van der Waals surface area (Å²) < 4.78 is 73.5. The third kappa shape index (κ3) is 50.8. The minimum Gasteiger partial charge on any atom is -0.463 e. The number of hydrogen-bond acceptors (Lipinski definition) is 24. The highest BCUT2D eigenvalue weighted by Gasteiger charge is 2.60. The van der Waals surface area contributed by atoms with Crippen molar-refractivity contribution < 1.29 is 122 Å². The highest BCUT2D eigenvalue weighted by atomic mass is 31.2. The number of phosphoric acid groups is 1. The van der Waals surface area contributed by atoms with Gasteiger partial charge in [-0.15, -0.1) is 0 Å². The number of rotatable bonds is 77. The molecule has 18 unspecified atom stereocenters. The predicted molar refractivity (Wildman–Crippen MR) is 458 cm³/mol. The molecule has 118 heavy (non-hydrogen) atoms. The number of hydrogen-bond donors (Lipinski definition) is 10. The molecule has 2 heterocycles. The van der Waals surface area contributed by atoms with E-state index in [-0.39, 0.29) is 25.7 Å². The number of aliphatic hydroxyl groups is 9. The summed E-state index contributed by atoms with van der Waals surface area (Å²) in [4.78, 5) is 66.5. The van der Waals surface area contributed by atoms with Crippen molar-refractivity contribution in [1.82, 2.24) is 0 Å². The molecule has 18 atom stereocenters. The van der Waals surface area contributed by atoms with Crippen molar-refractivity contribution >= 4 is 31.7 Å². The molecule has 2 saturated heterocycles. The van der Waals surface area contributed by atoms with Gasteiger partial charge in [-0.25, -0.2) is 4.57 Å². The lowest BCUT2D eigenvalue weighted by molar-refractivity contribution is -0.360. The monoisotopic (exact) mass is 1710 g/mol. The molecule has 2 aliphatic heterocycles. The highest BCUT2D eigenvalue weighted by molar-refractivity contribution is 7.47. The second-order valence-electron chi connectivity index (χ2n) is 33.9. The van der Waals surface area contributed by atoms with Crippen molar-refractivity contribution in [1.29, 1.82) is 0 Å². The fraction of sp³-hybridized carbons (Fsp3) is 0.913. The Morgan fingerprint density at radius 3 is 1.02 bits per heavy atom. The molecule has 0 aromatic carbocycles. The number of phosphoric ester groups is 1. The smallest absolute Gasteiger partial charge is 0.463 e. The fourth-order valence-corrected chi connectivity index (χ4v) is 16.6. The summed E-state index contributed by atoms with van der Waals surface area (Å²) in [5.41, 5.74) is 0. The molecular formula is C92H169O25P. The molecule has 26 heteroatoms. The van der Waals surface area contributed by atoms with Gasteiger partial charge < -0.3 is 88.7 Å². The van der Waals surface area contributed by atoms with Gasteiger partial charge in [0.2, 0.25) is 0 Å². The number of carbonyl (C=O) groups is 4. The van der Waals surface area contributed by atoms with Crippen molar-refractivity contribution in [3.05, 3.63) is 24.3 Å². The van der Waals surface area contributed by atoms with Crippen molar-refractivity contribution in [2.24, 2.45) is 0 Å². The zero-order chi connectivity index (χ0) is 86.1. The number of unbranched alkanes of at least 4 members (excludes halogenated alkanes) is 49. The molecule has 10 N–H and O–H groups in total. The largest absolute Gasteiger partial charge is 0.472 e. The Kier molecular flexibility index (Phi) is 65.8. The minimum atomic E-state index is -5.81. The molecule has 25 nitrogen and oxygen atoms in total. The van der Waals surface area contributed by atoms with Crippen LogP contribution >= 0.6 is 7.82 Å². The topological polar surface area (TPSA) is 380 Å². The average Bonchev–Trinajstić information content (AvgIpc) is 0.755. The predicted octanol–water partition coefficient (Wildman–Crippen LogP) is 17.7. The van der Waals surface area contributed by atoms with Crippen molar-refractivity contribution in [3.63, 3.8) is 0 Å². The first-order valence-corrected chi connectivity index (χ1v) is 49.1. The van der Waals surface area contributed by atoms with Crippen LogP contribution in [0.2, 0.25) is 0 Å². The molecule has 0 amide bonds. The summed E-state index contributed by atoms with van der Waals surface area (Å²) in [7, 11) is -5.81. The van der Waals surface area contributed by atoms with Gasteiger partial charge in [0.25, 0.3) is 0 Å². The lowest BCUT2D eigenvalue weighted by atomic mass is 9.84. The van der Waals surface area contributed by atoms with Crippen LogP contribution in [0.3, 0.4) is 0 Å². The Balaban J connectivity index is 1.91. The van der Waals surface area contributed by atoms with E-state index in [9.17, 15) is 74.6 Å². The third-order valence-corrected chi connectivity index (χ3v) is 24.2. The minimum absolute atomic E-state index is 0.00923. The molecule has 3 rings (SSSR count). The van der Waals surface area contributed by atoms with Crippen LogP contribution in [0, 0.1) is 0 Å². The Morgan fingerprint density at radius 1 is 0.331 bits per heavy atom. The van der Waals surface area contributed by atoms with E-state index in [4.69, 9.17) is 46.9 Å². The molecule has 3 aliphatic rings. The van der Waals surface area contributed by atoms with Crippen LogP contribution in [-0.4, -0.2) is 205 Å². The first kappa shape index (κ1) is 109. The number of carbonyl (C=O) groups excluding carboxylic acids is 4. The summed E-state index contributed by atoms with van der Waals surface area (Å²) >= 11 is 0. The van der Waals surface area contributed by atoms with Crippen LogP contribution in [0.5, 0.6) is 0 Å². The normalized spacial score (nSPS) is 25.0. The standard InChI is InChI=1S/C92H169O25P/c1-5-9-13-17-21-25-29-33-36-39-42-44-48-52-56-60-64-75(94)108-69-72(111-77(96)66-62-58-54-50-46-40-32-28-24-20-16-12-8-4)70-110-118(106,107)117-90-88(115-91-85(104)81(100)79(98)73(68-93)112-91)84(103)83(102)87(114-78(97)67-63-59-55-51-47-43-38-35-31-27-23-19-15-11-7-3)89(90)116-92-86(105)82(101)80(99)74(113-92)71-109-76(95)65-61-57-53-49-45-41-37-34-30-26-22-18-14-10-6-2/h26-27,30-31,72-74,79-93,98-105H,5-25,28-29,32-71H2,1-4H3,(H,106,107)/b30-26-,31-27-. The Labute approximate surface area is 711 Å². The molecule has 0 aromatic heterocycles. The van der Waals surface area contributed by atoms with E-state index in [1.807, 2.05) is 0 Å².